The summed E-state index contributed by atoms with van der Waals surface area (Å²) in [6.45, 7) is 0. The molecule has 2 radical (unpaired) electrons. The summed E-state index contributed by atoms with van der Waals surface area (Å²) < 4.78 is 0.843. The molecule has 0 unspecified atom stereocenters. The van der Waals surface area contributed by atoms with Crippen LogP contribution in [0.4, 0.5) is 0 Å². The van der Waals surface area contributed by atoms with E-state index >= 15 is 0 Å². The Morgan fingerprint density at radius 2 is 2.14 bits per heavy atom. The van der Waals surface area contributed by atoms with Crippen molar-refractivity contribution in [1.29, 1.82) is 0 Å². The van der Waals surface area contributed by atoms with Crippen molar-refractivity contribution in [3.63, 3.8) is 0 Å². The van der Waals surface area contributed by atoms with Gasteiger partial charge >= 0.3 is 27.3 Å². The van der Waals surface area contributed by atoms with Crippen LogP contribution in [0.15, 0.2) is 0 Å². The van der Waals surface area contributed by atoms with Crippen LogP contribution in [0.1, 0.15) is 0 Å². The zero-order valence-corrected chi connectivity index (χ0v) is 11.7. The van der Waals surface area contributed by atoms with Gasteiger partial charge in [0, 0.05) is 7.05 Å². The van der Waals surface area contributed by atoms with Gasteiger partial charge in [-0.25, -0.2) is 0 Å². The second kappa shape index (κ2) is 7.16. The van der Waals surface area contributed by atoms with Crippen LogP contribution in [0.5, 0.6) is 0 Å². The number of thioether (sulfide) groups is 1. The van der Waals surface area contributed by atoms with Crippen LogP contribution < -0.4 is 5.32 Å². The molecule has 0 bridgehead atoms. The van der Waals surface area contributed by atoms with E-state index in [0.29, 0.717) is 0 Å². The van der Waals surface area contributed by atoms with Crippen molar-refractivity contribution in [2.75, 3.05) is 13.3 Å². The van der Waals surface area contributed by atoms with E-state index in [1.807, 2.05) is 13.3 Å². The molecule has 0 saturated carbocycles. The van der Waals surface area contributed by atoms with E-state index in [2.05, 4.69) is 5.32 Å². The Kier molecular flexibility index (Phi) is 11.3. The summed E-state index contributed by atoms with van der Waals surface area (Å²) in [5, 5.41) is 2.81. The summed E-state index contributed by atoms with van der Waals surface area (Å²) >= 11 is 6.25. The standard InChI is InChI=1S/C3H7NS2.Pb.2H/c1-4-3(5)6-2;;;/h1-2H3,(H,4,5);;;. The van der Waals surface area contributed by atoms with Gasteiger partial charge < -0.3 is 5.32 Å². The van der Waals surface area contributed by atoms with E-state index in [1.54, 1.807) is 11.8 Å². The van der Waals surface area contributed by atoms with Crippen LogP contribution in [-0.4, -0.2) is 44.9 Å². The van der Waals surface area contributed by atoms with Gasteiger partial charge in [-0.2, -0.15) is 0 Å². The Balaban J connectivity index is 0. The minimum atomic E-state index is 0. The molecule has 1 N–H and O–H groups in total. The van der Waals surface area contributed by atoms with Gasteiger partial charge in [-0.15, -0.1) is 11.8 Å². The summed E-state index contributed by atoms with van der Waals surface area (Å²) in [5.74, 6) is 0. The van der Waals surface area contributed by atoms with E-state index in [-0.39, 0.29) is 27.3 Å². The van der Waals surface area contributed by atoms with Gasteiger partial charge in [-0.1, -0.05) is 12.2 Å². The zero-order valence-electron chi connectivity index (χ0n) is 4.52. The fourth-order valence-electron chi connectivity index (χ4n) is 0.102. The first-order chi connectivity index (χ1) is 2.81. The number of rotatable bonds is 0. The summed E-state index contributed by atoms with van der Waals surface area (Å²) in [7, 11) is 1.82. The van der Waals surface area contributed by atoms with Gasteiger partial charge in [0.15, 0.2) is 0 Å². The van der Waals surface area contributed by atoms with Crippen molar-refractivity contribution in [3.05, 3.63) is 0 Å². The summed E-state index contributed by atoms with van der Waals surface area (Å²) in [5.41, 5.74) is 0. The number of hydrogen-bond acceptors (Lipinski definition) is 2. The van der Waals surface area contributed by atoms with Crippen molar-refractivity contribution in [2.45, 2.75) is 0 Å². The molecule has 0 aliphatic rings. The second-order valence-electron chi connectivity index (χ2n) is 0.742. The third kappa shape index (κ3) is 7.16. The first-order valence-corrected chi connectivity index (χ1v) is 3.20. The molecular weight excluding hydrogens is 321 g/mol. The third-order valence-corrected chi connectivity index (χ3v) is 1.67. The number of nitrogens with one attached hydrogen (secondary N) is 1. The van der Waals surface area contributed by atoms with Crippen molar-refractivity contribution < 1.29 is 0 Å². The Bertz CT molecular complexity index is 50.9. The Morgan fingerprint density at radius 3 is 2.14 bits per heavy atom. The molecule has 0 rings (SSSR count). The predicted molar refractivity (Wildman–Crippen MR) is 43.7 cm³/mol. The van der Waals surface area contributed by atoms with E-state index in [0.717, 1.165) is 4.32 Å². The van der Waals surface area contributed by atoms with Gasteiger partial charge in [-0.05, 0) is 6.26 Å². The average Bonchev–Trinajstić information content (AvgIpc) is 1.65. The molecule has 0 aliphatic carbocycles. The van der Waals surface area contributed by atoms with Crippen molar-refractivity contribution in [3.8, 4) is 0 Å². The third-order valence-electron chi connectivity index (χ3n) is 0.390. The van der Waals surface area contributed by atoms with Gasteiger partial charge in [0.2, 0.25) is 0 Å². The van der Waals surface area contributed by atoms with E-state index in [1.165, 1.54) is 0 Å². The van der Waals surface area contributed by atoms with Crippen LogP contribution in [0.2, 0.25) is 0 Å². The molecule has 4 heteroatoms. The molecule has 0 heterocycles. The van der Waals surface area contributed by atoms with Crippen LogP contribution in [-0.2, 0) is 0 Å². The average molecular weight is 330 g/mol. The van der Waals surface area contributed by atoms with Crippen molar-refractivity contribution >= 4 is 55.6 Å². The molecule has 0 saturated heterocycles. The second-order valence-corrected chi connectivity index (χ2v) is 2.22. The molecule has 0 aromatic rings. The summed E-state index contributed by atoms with van der Waals surface area (Å²) in [4.78, 5) is 0. The Labute approximate surface area is 73.8 Å². The van der Waals surface area contributed by atoms with Crippen LogP contribution in [0.25, 0.3) is 0 Å². The topological polar surface area (TPSA) is 12.0 Å². The molecule has 0 aromatic heterocycles. The fourth-order valence-corrected chi connectivity index (χ4v) is 0.306. The molecule has 0 aliphatic heterocycles. The maximum atomic E-state index is 4.71. The molecule has 7 heavy (non-hydrogen) atoms. The molecule has 0 amide bonds. The van der Waals surface area contributed by atoms with Gasteiger partial charge in [0.1, 0.15) is 4.32 Å². The van der Waals surface area contributed by atoms with Crippen LogP contribution in [0, 0.1) is 0 Å². The molecule has 0 aromatic carbocycles. The summed E-state index contributed by atoms with van der Waals surface area (Å²) in [6.07, 6.45) is 1.94. The number of thiocarbonyl (C=S) groups is 1. The predicted octanol–water partition coefficient (Wildman–Crippen LogP) is -0.0625. The summed E-state index contributed by atoms with van der Waals surface area (Å²) in [6, 6.07) is 0. The molecule has 1 nitrogen and oxygen atoms in total. The SMILES string of the molecule is CNC(=S)SC.[PbH2]. The molecule has 0 spiro atoms. The van der Waals surface area contributed by atoms with E-state index < -0.39 is 0 Å². The fraction of sp³-hybridized carbons (Fsp3) is 0.667. The van der Waals surface area contributed by atoms with Gasteiger partial charge in [0.25, 0.3) is 0 Å². The molecule has 0 atom stereocenters. The van der Waals surface area contributed by atoms with Crippen LogP contribution >= 0.6 is 24.0 Å². The maximum absolute atomic E-state index is 4.71. The first kappa shape index (κ1) is 11.0. The van der Waals surface area contributed by atoms with Gasteiger partial charge in [-0.3, -0.25) is 0 Å². The molecule has 0 fully saturated rings. The number of hydrogen-bond donors (Lipinski definition) is 1. The zero-order chi connectivity index (χ0) is 4.99. The van der Waals surface area contributed by atoms with E-state index in [9.17, 15) is 0 Å². The van der Waals surface area contributed by atoms with Crippen molar-refractivity contribution in [1.82, 2.24) is 5.32 Å². The first-order valence-electron chi connectivity index (χ1n) is 1.57. The molecular formula is C3H9NPbS2. The molecule has 42 valence electrons. The van der Waals surface area contributed by atoms with E-state index in [4.69, 9.17) is 12.2 Å². The van der Waals surface area contributed by atoms with Gasteiger partial charge in [0.05, 0.1) is 0 Å². The normalized spacial score (nSPS) is 6.57. The quantitative estimate of drug-likeness (QED) is 0.494. The van der Waals surface area contributed by atoms with Crippen molar-refractivity contribution in [2.24, 2.45) is 0 Å². The Hall–Kier alpha value is 1.16. The Morgan fingerprint density at radius 1 is 1.71 bits per heavy atom. The minimum absolute atomic E-state index is 0. The van der Waals surface area contributed by atoms with Crippen LogP contribution in [0.3, 0.4) is 0 Å². The monoisotopic (exact) mass is 331 g/mol.